The highest BCUT2D eigenvalue weighted by Crippen LogP contribution is 2.06. The van der Waals surface area contributed by atoms with Gasteiger partial charge in [0.2, 0.25) is 6.23 Å². The van der Waals surface area contributed by atoms with Gasteiger partial charge in [-0.05, 0) is 23.5 Å². The van der Waals surface area contributed by atoms with Gasteiger partial charge in [0, 0.05) is 0 Å². The summed E-state index contributed by atoms with van der Waals surface area (Å²) in [7, 11) is 0. The molecular weight excluding hydrogens is 400 g/mol. The van der Waals surface area contributed by atoms with Crippen molar-refractivity contribution in [1.29, 1.82) is 0 Å². The number of hydrogen-bond donors (Lipinski definition) is 2. The molecule has 0 saturated heterocycles. The lowest BCUT2D eigenvalue weighted by molar-refractivity contribution is -0.170. The summed E-state index contributed by atoms with van der Waals surface area (Å²) in [5.74, 6) is -1.90. The number of esters is 2. The molecule has 2 aromatic rings. The summed E-state index contributed by atoms with van der Waals surface area (Å²) in [4.78, 5) is 36.8. The third kappa shape index (κ3) is 8.98. The standard InChI is InChI=1S/C23H28N2O6/c1-16(2)14-29-20(25-23(28)30-15-18-11-7-4-8-12-18)22(27)31-21(26)19(24)13-17-9-5-3-6-10-17/h3-12,16,19-20H,13-15,24H2,1-2H3,(H,25,28)/t19-,20?/m0/s1. The molecule has 0 fully saturated rings. The molecule has 31 heavy (non-hydrogen) atoms. The lowest BCUT2D eigenvalue weighted by Gasteiger charge is -2.19. The lowest BCUT2D eigenvalue weighted by atomic mass is 10.1. The fourth-order valence-electron chi connectivity index (χ4n) is 2.51. The van der Waals surface area contributed by atoms with Gasteiger partial charge in [-0.15, -0.1) is 0 Å². The zero-order valence-electron chi connectivity index (χ0n) is 17.7. The number of hydrogen-bond acceptors (Lipinski definition) is 7. The number of amides is 1. The maximum Gasteiger partial charge on any atom is 0.409 e. The molecule has 166 valence electrons. The molecule has 0 bridgehead atoms. The van der Waals surface area contributed by atoms with Crippen LogP contribution in [0.25, 0.3) is 0 Å². The summed E-state index contributed by atoms with van der Waals surface area (Å²) in [5, 5.41) is 2.29. The van der Waals surface area contributed by atoms with E-state index in [2.05, 4.69) is 5.32 Å². The molecule has 3 N–H and O–H groups in total. The van der Waals surface area contributed by atoms with E-state index in [1.54, 1.807) is 12.1 Å². The Balaban J connectivity index is 1.91. The van der Waals surface area contributed by atoms with Crippen LogP contribution in [0, 0.1) is 5.92 Å². The van der Waals surface area contributed by atoms with Crippen molar-refractivity contribution in [2.75, 3.05) is 6.61 Å². The third-order valence-electron chi connectivity index (χ3n) is 4.07. The largest absolute Gasteiger partial charge is 0.445 e. The molecule has 8 heteroatoms. The summed E-state index contributed by atoms with van der Waals surface area (Å²) in [6.45, 7) is 3.91. The first-order valence-corrected chi connectivity index (χ1v) is 9.99. The van der Waals surface area contributed by atoms with Crippen molar-refractivity contribution >= 4 is 18.0 Å². The van der Waals surface area contributed by atoms with E-state index in [1.807, 2.05) is 62.4 Å². The number of benzene rings is 2. The average Bonchev–Trinajstić information content (AvgIpc) is 2.76. The third-order valence-corrected chi connectivity index (χ3v) is 4.07. The fraction of sp³-hybridized carbons (Fsp3) is 0.348. The molecule has 2 rings (SSSR count). The smallest absolute Gasteiger partial charge is 0.409 e. The van der Waals surface area contributed by atoms with Crippen LogP contribution in [0.2, 0.25) is 0 Å². The molecule has 1 amide bonds. The second kappa shape index (κ2) is 12.5. The van der Waals surface area contributed by atoms with Gasteiger partial charge < -0.3 is 19.9 Å². The van der Waals surface area contributed by atoms with Crippen LogP contribution in [-0.4, -0.2) is 36.9 Å². The van der Waals surface area contributed by atoms with Crippen molar-refractivity contribution in [3.8, 4) is 0 Å². The molecule has 0 aliphatic rings. The Morgan fingerprint density at radius 3 is 2.06 bits per heavy atom. The van der Waals surface area contributed by atoms with Gasteiger partial charge in [0.15, 0.2) is 0 Å². The molecule has 0 aliphatic heterocycles. The number of carbonyl (C=O) groups is 3. The minimum atomic E-state index is -1.50. The van der Waals surface area contributed by atoms with Gasteiger partial charge in [-0.2, -0.15) is 0 Å². The van der Waals surface area contributed by atoms with E-state index in [9.17, 15) is 14.4 Å². The van der Waals surface area contributed by atoms with Crippen molar-refractivity contribution in [3.05, 3.63) is 71.8 Å². The Hall–Kier alpha value is -3.23. The molecule has 0 spiro atoms. The van der Waals surface area contributed by atoms with Gasteiger partial charge in [0.1, 0.15) is 12.6 Å². The molecule has 0 aliphatic carbocycles. The van der Waals surface area contributed by atoms with Crippen LogP contribution in [-0.2, 0) is 36.8 Å². The molecular formula is C23H28N2O6. The Morgan fingerprint density at radius 1 is 0.903 bits per heavy atom. The average molecular weight is 428 g/mol. The molecule has 1 unspecified atom stereocenters. The van der Waals surface area contributed by atoms with Crippen LogP contribution in [0.5, 0.6) is 0 Å². The Labute approximate surface area is 181 Å². The second-order valence-electron chi connectivity index (χ2n) is 7.35. The predicted molar refractivity (Wildman–Crippen MR) is 114 cm³/mol. The fourth-order valence-corrected chi connectivity index (χ4v) is 2.51. The molecule has 8 nitrogen and oxygen atoms in total. The van der Waals surface area contributed by atoms with E-state index in [-0.39, 0.29) is 25.6 Å². The summed E-state index contributed by atoms with van der Waals surface area (Å²) in [6, 6.07) is 17.1. The van der Waals surface area contributed by atoms with Gasteiger partial charge in [0.05, 0.1) is 6.61 Å². The Bertz CT molecular complexity index is 842. The van der Waals surface area contributed by atoms with Crippen LogP contribution in [0.3, 0.4) is 0 Å². The van der Waals surface area contributed by atoms with Crippen LogP contribution in [0.4, 0.5) is 4.79 Å². The van der Waals surface area contributed by atoms with E-state index in [1.165, 1.54) is 0 Å². The number of nitrogens with one attached hydrogen (secondary N) is 1. The van der Waals surface area contributed by atoms with Crippen LogP contribution < -0.4 is 11.1 Å². The summed E-state index contributed by atoms with van der Waals surface area (Å²) < 4.78 is 15.4. The van der Waals surface area contributed by atoms with Crippen LogP contribution in [0.15, 0.2) is 60.7 Å². The molecule has 0 heterocycles. The monoisotopic (exact) mass is 428 g/mol. The minimum absolute atomic E-state index is 0.0134. The van der Waals surface area contributed by atoms with E-state index in [4.69, 9.17) is 19.9 Å². The minimum Gasteiger partial charge on any atom is -0.445 e. The zero-order valence-corrected chi connectivity index (χ0v) is 17.7. The van der Waals surface area contributed by atoms with Gasteiger partial charge >= 0.3 is 18.0 Å². The predicted octanol–water partition coefficient (Wildman–Crippen LogP) is 2.55. The Kier molecular flexibility index (Phi) is 9.67. The first kappa shape index (κ1) is 24.0. The number of rotatable bonds is 10. The van der Waals surface area contributed by atoms with Gasteiger partial charge in [0.25, 0.3) is 0 Å². The van der Waals surface area contributed by atoms with Crippen molar-refractivity contribution < 1.29 is 28.6 Å². The van der Waals surface area contributed by atoms with E-state index >= 15 is 0 Å². The zero-order chi connectivity index (χ0) is 22.6. The summed E-state index contributed by atoms with van der Waals surface area (Å²) in [6.07, 6.45) is -2.18. The number of nitrogens with two attached hydrogens (primary N) is 1. The van der Waals surface area contributed by atoms with E-state index in [0.717, 1.165) is 11.1 Å². The normalized spacial score (nSPS) is 12.6. The SMILES string of the molecule is CC(C)COC(NC(=O)OCc1ccccc1)C(=O)OC(=O)[C@@H](N)Cc1ccccc1. The van der Waals surface area contributed by atoms with Crippen LogP contribution in [0.1, 0.15) is 25.0 Å². The van der Waals surface area contributed by atoms with E-state index in [0.29, 0.717) is 0 Å². The van der Waals surface area contributed by atoms with E-state index < -0.39 is 30.3 Å². The lowest BCUT2D eigenvalue weighted by Crippen LogP contribution is -2.47. The molecule has 0 aromatic heterocycles. The van der Waals surface area contributed by atoms with Crippen LogP contribution >= 0.6 is 0 Å². The number of alkyl carbamates (subject to hydrolysis) is 1. The van der Waals surface area contributed by atoms with Crippen molar-refractivity contribution in [2.45, 2.75) is 39.1 Å². The van der Waals surface area contributed by atoms with Gasteiger partial charge in [-0.1, -0.05) is 74.5 Å². The van der Waals surface area contributed by atoms with Crippen molar-refractivity contribution in [3.63, 3.8) is 0 Å². The number of ether oxygens (including phenoxy) is 3. The maximum atomic E-state index is 12.4. The summed E-state index contributed by atoms with van der Waals surface area (Å²) in [5.41, 5.74) is 7.46. The van der Waals surface area contributed by atoms with Gasteiger partial charge in [-0.3, -0.25) is 5.32 Å². The molecule has 0 saturated carbocycles. The first-order valence-electron chi connectivity index (χ1n) is 9.99. The maximum absolute atomic E-state index is 12.4. The topological polar surface area (TPSA) is 117 Å². The molecule has 0 radical (unpaired) electrons. The Morgan fingerprint density at radius 2 is 1.48 bits per heavy atom. The van der Waals surface area contributed by atoms with Gasteiger partial charge in [-0.25, -0.2) is 14.4 Å². The quantitative estimate of drug-likeness (QED) is 0.339. The van der Waals surface area contributed by atoms with Crippen molar-refractivity contribution in [1.82, 2.24) is 5.32 Å². The number of carbonyl (C=O) groups excluding carboxylic acids is 3. The highest BCUT2D eigenvalue weighted by Gasteiger charge is 2.28. The molecule has 2 aromatic carbocycles. The van der Waals surface area contributed by atoms with Crippen molar-refractivity contribution in [2.24, 2.45) is 11.7 Å². The highest BCUT2D eigenvalue weighted by molar-refractivity contribution is 5.91. The second-order valence-corrected chi connectivity index (χ2v) is 7.35. The first-order chi connectivity index (χ1) is 14.8. The molecule has 2 atom stereocenters. The summed E-state index contributed by atoms with van der Waals surface area (Å²) >= 11 is 0. The highest BCUT2D eigenvalue weighted by atomic mass is 16.6.